The molecule has 10 nitrogen and oxygen atoms in total. The fraction of sp³-hybridized carbons (Fsp3) is 0.296. The Balaban J connectivity index is 1.25. The van der Waals surface area contributed by atoms with Gasteiger partial charge in [0, 0.05) is 31.2 Å². The number of anilines is 1. The Morgan fingerprint density at radius 1 is 1.05 bits per heavy atom. The number of rotatable bonds is 5. The molecule has 0 atom stereocenters. The summed E-state index contributed by atoms with van der Waals surface area (Å²) in [5.41, 5.74) is 1.43. The largest absolute Gasteiger partial charge is 0.306 e. The number of fused-ring (bicyclic) bond motifs is 2. The average molecular weight is 548 g/mol. The Morgan fingerprint density at radius 2 is 1.90 bits per heavy atom. The fourth-order valence-corrected chi connectivity index (χ4v) is 6.54. The van der Waals surface area contributed by atoms with Gasteiger partial charge in [0.2, 0.25) is 0 Å². The van der Waals surface area contributed by atoms with E-state index in [1.54, 1.807) is 30.3 Å². The topological polar surface area (TPSA) is 123 Å². The first-order chi connectivity index (χ1) is 18.6. The van der Waals surface area contributed by atoms with Gasteiger partial charge in [-0.2, -0.15) is 4.31 Å². The monoisotopic (exact) mass is 547 g/mol. The number of carbonyl (C=O) groups is 1. The third-order valence-electron chi connectivity index (χ3n) is 7.27. The molecule has 200 valence electrons. The van der Waals surface area contributed by atoms with Gasteiger partial charge in [0.05, 0.1) is 5.56 Å². The van der Waals surface area contributed by atoms with Crippen molar-refractivity contribution in [2.45, 2.75) is 50.2 Å². The van der Waals surface area contributed by atoms with Gasteiger partial charge >= 0.3 is 0 Å². The highest BCUT2D eigenvalue weighted by atomic mass is 32.2. The second kappa shape index (κ2) is 9.31. The summed E-state index contributed by atoms with van der Waals surface area (Å²) in [7, 11) is -3.83. The lowest BCUT2D eigenvalue weighted by atomic mass is 9.97. The van der Waals surface area contributed by atoms with Gasteiger partial charge in [0.15, 0.2) is 10.9 Å². The second-order valence-electron chi connectivity index (χ2n) is 10.3. The van der Waals surface area contributed by atoms with Gasteiger partial charge in [0.25, 0.3) is 15.9 Å². The van der Waals surface area contributed by atoms with Crippen LogP contribution in [0.2, 0.25) is 0 Å². The molecule has 0 unspecified atom stereocenters. The zero-order chi connectivity index (χ0) is 27.4. The summed E-state index contributed by atoms with van der Waals surface area (Å²) in [5.74, 6) is 0.373. The normalized spacial score (nSPS) is 16.5. The molecule has 2 aliphatic heterocycles. The molecular weight excluding hydrogens is 521 g/mol. The molecule has 5 heterocycles. The van der Waals surface area contributed by atoms with Crippen molar-refractivity contribution in [1.82, 2.24) is 29.0 Å². The minimum absolute atomic E-state index is 0.0102. The van der Waals surface area contributed by atoms with Crippen molar-refractivity contribution in [3.8, 4) is 11.5 Å². The van der Waals surface area contributed by atoms with Crippen molar-refractivity contribution >= 4 is 21.7 Å². The van der Waals surface area contributed by atoms with Crippen LogP contribution in [-0.4, -0.2) is 49.9 Å². The van der Waals surface area contributed by atoms with Crippen molar-refractivity contribution in [1.29, 1.82) is 0 Å². The Morgan fingerprint density at radius 3 is 2.69 bits per heavy atom. The number of hydrogen-bond donors (Lipinski definition) is 1. The first-order valence-electron chi connectivity index (χ1n) is 12.6. The Hall–Kier alpha value is -4.03. The van der Waals surface area contributed by atoms with E-state index in [-0.39, 0.29) is 35.0 Å². The van der Waals surface area contributed by atoms with Crippen LogP contribution in [0.3, 0.4) is 0 Å². The minimum atomic E-state index is -3.83. The van der Waals surface area contributed by atoms with E-state index in [1.807, 2.05) is 0 Å². The lowest BCUT2D eigenvalue weighted by Gasteiger charge is -2.28. The van der Waals surface area contributed by atoms with E-state index in [0.29, 0.717) is 29.1 Å². The number of hydrogen-bond acceptors (Lipinski definition) is 7. The summed E-state index contributed by atoms with van der Waals surface area (Å²) >= 11 is 0. The van der Waals surface area contributed by atoms with Gasteiger partial charge in [-0.15, -0.1) is 10.2 Å². The van der Waals surface area contributed by atoms with E-state index in [4.69, 9.17) is 0 Å². The molecule has 0 saturated heterocycles. The van der Waals surface area contributed by atoms with Crippen molar-refractivity contribution in [3.63, 3.8) is 0 Å². The van der Waals surface area contributed by atoms with Gasteiger partial charge in [-0.1, -0.05) is 12.1 Å². The van der Waals surface area contributed by atoms with Crippen LogP contribution in [-0.2, 0) is 34.9 Å². The molecule has 0 bridgehead atoms. The lowest BCUT2D eigenvalue weighted by Crippen LogP contribution is -2.36. The highest BCUT2D eigenvalue weighted by Crippen LogP contribution is 2.35. The van der Waals surface area contributed by atoms with E-state index in [0.717, 1.165) is 18.7 Å². The zero-order valence-electron chi connectivity index (χ0n) is 21.4. The molecular formula is C27H26FN7O3S. The fourth-order valence-electron chi connectivity index (χ4n) is 5.19. The molecule has 0 saturated carbocycles. The highest BCUT2D eigenvalue weighted by Gasteiger charge is 2.34. The number of amides is 1. The van der Waals surface area contributed by atoms with Crippen LogP contribution in [0.25, 0.3) is 11.5 Å². The number of nitrogens with one attached hydrogen (secondary N) is 1. The maximum absolute atomic E-state index is 15.0. The molecule has 6 rings (SSSR count). The SMILES string of the molecule is CC1(C)CCc2nnc(-c3cccc(NC(=O)c4cc5c(cc4F)CCN(S(=O)(=O)c4ccccn4)C5)n3)n21. The van der Waals surface area contributed by atoms with Crippen LogP contribution in [0.15, 0.2) is 59.8 Å². The first-order valence-corrected chi connectivity index (χ1v) is 14.0. The predicted octanol–water partition coefficient (Wildman–Crippen LogP) is 3.55. The van der Waals surface area contributed by atoms with E-state index in [1.165, 1.54) is 28.7 Å². The molecule has 3 aromatic heterocycles. The maximum atomic E-state index is 15.0. The number of benzene rings is 1. The standard InChI is InChI=1S/C27H26FN7O3S/c1-27(2)11-9-23-32-33-25(35(23)27)21-6-5-7-22(30-21)31-26(36)19-14-18-16-34(13-10-17(18)15-20(19)28)39(37,38)24-8-3-4-12-29-24/h3-8,12,14-15H,9-11,13,16H2,1-2H3,(H,30,31,36). The summed E-state index contributed by atoms with van der Waals surface area (Å²) in [6.45, 7) is 4.43. The van der Waals surface area contributed by atoms with Gasteiger partial charge in [-0.3, -0.25) is 4.79 Å². The quantitative estimate of drug-likeness (QED) is 0.405. The van der Waals surface area contributed by atoms with Crippen molar-refractivity contribution < 1.29 is 17.6 Å². The van der Waals surface area contributed by atoms with Crippen LogP contribution in [0.1, 0.15) is 47.6 Å². The molecule has 4 aromatic rings. The molecule has 12 heteroatoms. The van der Waals surface area contributed by atoms with Crippen molar-refractivity contribution in [2.75, 3.05) is 11.9 Å². The van der Waals surface area contributed by atoms with E-state index in [2.05, 4.69) is 43.9 Å². The van der Waals surface area contributed by atoms with Crippen LogP contribution >= 0.6 is 0 Å². The Labute approximate surface area is 225 Å². The number of nitrogens with zero attached hydrogens (tertiary/aromatic N) is 6. The van der Waals surface area contributed by atoms with Crippen LogP contribution in [0, 0.1) is 5.82 Å². The smallest absolute Gasteiger partial charge is 0.260 e. The predicted molar refractivity (Wildman–Crippen MR) is 141 cm³/mol. The molecule has 1 amide bonds. The number of pyridine rings is 2. The number of aryl methyl sites for hydroxylation is 1. The molecule has 39 heavy (non-hydrogen) atoms. The lowest BCUT2D eigenvalue weighted by molar-refractivity contribution is 0.102. The molecule has 0 radical (unpaired) electrons. The summed E-state index contributed by atoms with van der Waals surface area (Å²) < 4.78 is 44.5. The van der Waals surface area contributed by atoms with Crippen molar-refractivity contribution in [3.05, 3.63) is 83.1 Å². The van der Waals surface area contributed by atoms with Gasteiger partial charge in [0.1, 0.15) is 23.2 Å². The van der Waals surface area contributed by atoms with E-state index < -0.39 is 21.7 Å². The molecule has 0 spiro atoms. The zero-order valence-corrected chi connectivity index (χ0v) is 22.2. The Kier molecular flexibility index (Phi) is 6.03. The molecule has 0 fully saturated rings. The third kappa shape index (κ3) is 4.49. The van der Waals surface area contributed by atoms with E-state index in [9.17, 15) is 13.2 Å². The summed E-state index contributed by atoms with van der Waals surface area (Å²) in [6, 6.07) is 12.6. The van der Waals surface area contributed by atoms with Gasteiger partial charge in [-0.25, -0.2) is 22.8 Å². The van der Waals surface area contributed by atoms with Crippen molar-refractivity contribution in [2.24, 2.45) is 0 Å². The number of sulfonamides is 1. The third-order valence-corrected chi connectivity index (χ3v) is 9.03. The van der Waals surface area contributed by atoms with Gasteiger partial charge < -0.3 is 9.88 Å². The van der Waals surface area contributed by atoms with Crippen LogP contribution < -0.4 is 5.32 Å². The number of aromatic nitrogens is 5. The highest BCUT2D eigenvalue weighted by molar-refractivity contribution is 7.89. The summed E-state index contributed by atoms with van der Waals surface area (Å²) in [6.07, 6.45) is 3.51. The number of halogens is 1. The van der Waals surface area contributed by atoms with E-state index >= 15 is 4.39 Å². The molecule has 1 aromatic carbocycles. The number of carbonyl (C=O) groups excluding carboxylic acids is 1. The van der Waals surface area contributed by atoms with Crippen LogP contribution in [0.4, 0.5) is 10.2 Å². The average Bonchev–Trinajstić information content (AvgIpc) is 3.49. The maximum Gasteiger partial charge on any atom is 0.260 e. The Bertz CT molecular complexity index is 1700. The molecule has 0 aliphatic carbocycles. The molecule has 2 aliphatic rings. The first kappa shape index (κ1) is 25.3. The molecule has 1 N–H and O–H groups in total. The second-order valence-corrected chi connectivity index (χ2v) is 12.2. The van der Waals surface area contributed by atoms with Gasteiger partial charge in [-0.05, 0) is 74.2 Å². The summed E-state index contributed by atoms with van der Waals surface area (Å²) in [5, 5.41) is 11.2. The summed E-state index contributed by atoms with van der Waals surface area (Å²) in [4.78, 5) is 21.7. The minimum Gasteiger partial charge on any atom is -0.306 e. The van der Waals surface area contributed by atoms with Crippen LogP contribution in [0.5, 0.6) is 0 Å².